The number of nitriles is 1. The molecule has 1 aromatic carbocycles. The second-order valence-electron chi connectivity index (χ2n) is 5.54. The summed E-state index contributed by atoms with van der Waals surface area (Å²) in [6.45, 7) is 6.22. The minimum absolute atomic E-state index is 0.110. The molecule has 0 aliphatic heterocycles. The first kappa shape index (κ1) is 15.8. The molecule has 1 unspecified atom stereocenters. The molecule has 1 atom stereocenters. The lowest BCUT2D eigenvalue weighted by Crippen LogP contribution is -2.17. The lowest BCUT2D eigenvalue weighted by molar-refractivity contribution is 0.264. The average Bonchev–Trinajstić information content (AvgIpc) is 2.31. The summed E-state index contributed by atoms with van der Waals surface area (Å²) < 4.78 is 5.62. The Bertz CT molecular complexity index is 464. The monoisotopic (exact) mass is 280 g/mol. The van der Waals surface area contributed by atoms with E-state index >= 15 is 0 Å². The second-order valence-corrected chi connectivity index (χ2v) is 5.95. The molecule has 0 spiro atoms. The Balaban J connectivity index is 2.59. The minimum atomic E-state index is -0.374. The van der Waals surface area contributed by atoms with Gasteiger partial charge in [0.1, 0.15) is 5.75 Å². The van der Waals surface area contributed by atoms with Crippen molar-refractivity contribution < 1.29 is 4.74 Å². The van der Waals surface area contributed by atoms with Crippen LogP contribution < -0.4 is 10.5 Å². The third-order valence-corrected chi connectivity index (χ3v) is 3.14. The lowest BCUT2D eigenvalue weighted by Gasteiger charge is -2.16. The number of nitrogens with zero attached hydrogens (tertiary/aromatic N) is 1. The van der Waals surface area contributed by atoms with Crippen molar-refractivity contribution in [3.63, 3.8) is 0 Å². The van der Waals surface area contributed by atoms with Gasteiger partial charge in [-0.2, -0.15) is 5.26 Å². The summed E-state index contributed by atoms with van der Waals surface area (Å²) in [5.74, 6) is 0.656. The van der Waals surface area contributed by atoms with Crippen molar-refractivity contribution in [2.24, 2.45) is 11.1 Å². The van der Waals surface area contributed by atoms with Gasteiger partial charge in [0.15, 0.2) is 0 Å². The molecule has 3 nitrogen and oxygen atoms in total. The Morgan fingerprint density at radius 1 is 1.47 bits per heavy atom. The van der Waals surface area contributed by atoms with Gasteiger partial charge in [0.2, 0.25) is 0 Å². The van der Waals surface area contributed by atoms with Crippen molar-refractivity contribution in [2.45, 2.75) is 39.7 Å². The molecule has 0 saturated carbocycles. The standard InChI is InChI=1S/C15H21ClN2O/c1-11(18)8-12-4-5-14(13(16)9-12)19-7-6-15(2,3)10-17/h4-5,9,11H,6-8,18H2,1-3H3. The predicted octanol–water partition coefficient (Wildman–Crippen LogP) is 3.55. The van der Waals surface area contributed by atoms with E-state index in [-0.39, 0.29) is 11.5 Å². The Hall–Kier alpha value is -1.24. The maximum atomic E-state index is 8.92. The van der Waals surface area contributed by atoms with Gasteiger partial charge in [-0.1, -0.05) is 17.7 Å². The fourth-order valence-electron chi connectivity index (χ4n) is 1.63. The Morgan fingerprint density at radius 2 is 2.16 bits per heavy atom. The summed E-state index contributed by atoms with van der Waals surface area (Å²) in [7, 11) is 0. The van der Waals surface area contributed by atoms with E-state index in [9.17, 15) is 0 Å². The molecule has 4 heteroatoms. The molecule has 0 saturated heterocycles. The number of ether oxygens (including phenoxy) is 1. The van der Waals surface area contributed by atoms with Crippen molar-refractivity contribution in [2.75, 3.05) is 6.61 Å². The van der Waals surface area contributed by atoms with E-state index < -0.39 is 0 Å². The summed E-state index contributed by atoms with van der Waals surface area (Å²) in [4.78, 5) is 0. The lowest BCUT2D eigenvalue weighted by atomic mass is 9.92. The molecule has 2 N–H and O–H groups in total. The van der Waals surface area contributed by atoms with Gasteiger partial charge in [-0.05, 0) is 51.3 Å². The quantitative estimate of drug-likeness (QED) is 0.867. The summed E-state index contributed by atoms with van der Waals surface area (Å²) in [5.41, 5.74) is 6.48. The molecular formula is C15H21ClN2O. The van der Waals surface area contributed by atoms with E-state index in [0.29, 0.717) is 23.8 Å². The van der Waals surface area contributed by atoms with Crippen LogP contribution in [0.4, 0.5) is 0 Å². The molecule has 0 fully saturated rings. The first-order valence-electron chi connectivity index (χ1n) is 6.42. The number of nitrogens with two attached hydrogens (primary N) is 1. The van der Waals surface area contributed by atoms with Crippen molar-refractivity contribution >= 4 is 11.6 Å². The molecule has 0 heterocycles. The van der Waals surface area contributed by atoms with Crippen LogP contribution in [0.2, 0.25) is 5.02 Å². The van der Waals surface area contributed by atoms with Crippen LogP contribution in [0.1, 0.15) is 32.8 Å². The van der Waals surface area contributed by atoms with Gasteiger partial charge in [-0.3, -0.25) is 0 Å². The normalized spacial score (nSPS) is 12.8. The highest BCUT2D eigenvalue weighted by molar-refractivity contribution is 6.32. The Kier molecular flexibility index (Phi) is 5.65. The van der Waals surface area contributed by atoms with Crippen LogP contribution in [-0.4, -0.2) is 12.6 Å². The summed E-state index contributed by atoms with van der Waals surface area (Å²) in [6.07, 6.45) is 1.46. The van der Waals surface area contributed by atoms with Crippen molar-refractivity contribution in [1.29, 1.82) is 5.26 Å². The van der Waals surface area contributed by atoms with Gasteiger partial charge >= 0.3 is 0 Å². The second kappa shape index (κ2) is 6.79. The summed E-state index contributed by atoms with van der Waals surface area (Å²) in [6, 6.07) is 8.07. The van der Waals surface area contributed by atoms with Crippen LogP contribution >= 0.6 is 11.6 Å². The van der Waals surface area contributed by atoms with Crippen LogP contribution in [0.5, 0.6) is 5.75 Å². The fourth-order valence-corrected chi connectivity index (χ4v) is 1.89. The van der Waals surface area contributed by atoms with Gasteiger partial charge in [0.05, 0.1) is 23.1 Å². The van der Waals surface area contributed by atoms with E-state index in [1.807, 2.05) is 39.0 Å². The largest absolute Gasteiger partial charge is 0.492 e. The zero-order valence-electron chi connectivity index (χ0n) is 11.7. The van der Waals surface area contributed by atoms with Crippen LogP contribution in [0.3, 0.4) is 0 Å². The van der Waals surface area contributed by atoms with Gasteiger partial charge < -0.3 is 10.5 Å². The summed E-state index contributed by atoms with van der Waals surface area (Å²) >= 11 is 6.17. The molecule has 1 aromatic rings. The van der Waals surface area contributed by atoms with Crippen molar-refractivity contribution in [1.82, 2.24) is 0 Å². The van der Waals surface area contributed by atoms with Crippen molar-refractivity contribution in [3.8, 4) is 11.8 Å². The molecular weight excluding hydrogens is 260 g/mol. The summed E-state index contributed by atoms with van der Waals surface area (Å²) in [5, 5.41) is 9.51. The number of hydrogen-bond acceptors (Lipinski definition) is 3. The highest BCUT2D eigenvalue weighted by Gasteiger charge is 2.16. The number of hydrogen-bond donors (Lipinski definition) is 1. The molecule has 104 valence electrons. The third kappa shape index (κ3) is 5.50. The molecule has 0 amide bonds. The first-order chi connectivity index (χ1) is 8.84. The molecule has 0 aliphatic rings. The van der Waals surface area contributed by atoms with Crippen LogP contribution in [0.15, 0.2) is 18.2 Å². The van der Waals surface area contributed by atoms with Crippen LogP contribution in [0.25, 0.3) is 0 Å². The number of halogens is 1. The maximum absolute atomic E-state index is 8.92. The molecule has 19 heavy (non-hydrogen) atoms. The van der Waals surface area contributed by atoms with Gasteiger partial charge in [0.25, 0.3) is 0 Å². The van der Waals surface area contributed by atoms with E-state index in [2.05, 4.69) is 6.07 Å². The molecule has 0 radical (unpaired) electrons. The zero-order chi connectivity index (χ0) is 14.5. The van der Waals surface area contributed by atoms with Gasteiger partial charge in [-0.25, -0.2) is 0 Å². The maximum Gasteiger partial charge on any atom is 0.137 e. The molecule has 0 aromatic heterocycles. The van der Waals surface area contributed by atoms with E-state index in [1.165, 1.54) is 0 Å². The van der Waals surface area contributed by atoms with E-state index in [4.69, 9.17) is 27.3 Å². The smallest absolute Gasteiger partial charge is 0.137 e. The predicted molar refractivity (Wildman–Crippen MR) is 78.3 cm³/mol. The van der Waals surface area contributed by atoms with E-state index in [0.717, 1.165) is 12.0 Å². The Morgan fingerprint density at radius 3 is 2.68 bits per heavy atom. The SMILES string of the molecule is CC(N)Cc1ccc(OCCC(C)(C)C#N)c(Cl)c1. The first-order valence-corrected chi connectivity index (χ1v) is 6.80. The zero-order valence-corrected chi connectivity index (χ0v) is 12.5. The van der Waals surface area contributed by atoms with Crippen LogP contribution in [0, 0.1) is 16.7 Å². The van der Waals surface area contributed by atoms with Crippen LogP contribution in [-0.2, 0) is 6.42 Å². The third-order valence-electron chi connectivity index (χ3n) is 2.84. The van der Waals surface area contributed by atoms with Gasteiger partial charge in [0, 0.05) is 6.04 Å². The van der Waals surface area contributed by atoms with Gasteiger partial charge in [-0.15, -0.1) is 0 Å². The van der Waals surface area contributed by atoms with Crippen molar-refractivity contribution in [3.05, 3.63) is 28.8 Å². The highest BCUT2D eigenvalue weighted by Crippen LogP contribution is 2.27. The molecule has 0 bridgehead atoms. The average molecular weight is 281 g/mol. The molecule has 0 aliphatic carbocycles. The number of benzene rings is 1. The minimum Gasteiger partial charge on any atom is -0.492 e. The fraction of sp³-hybridized carbons (Fsp3) is 0.533. The Labute approximate surface area is 120 Å². The number of rotatable bonds is 6. The molecule has 1 rings (SSSR count). The van der Waals surface area contributed by atoms with E-state index in [1.54, 1.807) is 0 Å². The topological polar surface area (TPSA) is 59.0 Å². The highest BCUT2D eigenvalue weighted by atomic mass is 35.5.